The molecule has 0 aromatic heterocycles. The molecular weight excluding hydrogens is 196 g/mol. The van der Waals surface area contributed by atoms with Gasteiger partial charge < -0.3 is 0 Å². The van der Waals surface area contributed by atoms with Crippen molar-refractivity contribution in [3.05, 3.63) is 34.6 Å². The van der Waals surface area contributed by atoms with Gasteiger partial charge in [-0.05, 0) is 12.1 Å². The molecule has 0 fully saturated rings. The van der Waals surface area contributed by atoms with Crippen molar-refractivity contribution in [2.45, 2.75) is 6.18 Å². The SMILES string of the molecule is Fc1[c]cc(Cl)cc1C(F)(F)F. The Bertz CT molecular complexity index is 292. The maximum absolute atomic E-state index is 12.4. The van der Waals surface area contributed by atoms with Gasteiger partial charge in [0, 0.05) is 11.1 Å². The van der Waals surface area contributed by atoms with Gasteiger partial charge in [-0.1, -0.05) is 11.6 Å². The Morgan fingerprint density at radius 2 is 1.92 bits per heavy atom. The van der Waals surface area contributed by atoms with Crippen LogP contribution in [0, 0.1) is 11.9 Å². The van der Waals surface area contributed by atoms with Gasteiger partial charge in [0.1, 0.15) is 5.82 Å². The van der Waals surface area contributed by atoms with E-state index in [2.05, 4.69) is 0 Å². The van der Waals surface area contributed by atoms with Crippen molar-refractivity contribution in [1.29, 1.82) is 0 Å². The van der Waals surface area contributed by atoms with Crippen LogP contribution >= 0.6 is 11.6 Å². The van der Waals surface area contributed by atoms with Crippen LogP contribution in [0.1, 0.15) is 5.56 Å². The molecule has 5 heteroatoms. The first kappa shape index (κ1) is 9.32. The zero-order valence-corrected chi connectivity index (χ0v) is 6.30. The molecule has 0 amide bonds. The molecule has 0 aliphatic rings. The summed E-state index contributed by atoms with van der Waals surface area (Å²) in [6, 6.07) is 3.21. The fourth-order valence-electron chi connectivity index (χ4n) is 0.659. The zero-order chi connectivity index (χ0) is 9.35. The minimum absolute atomic E-state index is 0.191. The normalized spacial score (nSPS) is 11.8. The van der Waals surface area contributed by atoms with Gasteiger partial charge in [-0.2, -0.15) is 13.2 Å². The average molecular weight is 198 g/mol. The Kier molecular flexibility index (Phi) is 2.28. The predicted molar refractivity (Wildman–Crippen MR) is 35.2 cm³/mol. The first-order valence-corrected chi connectivity index (χ1v) is 3.23. The lowest BCUT2D eigenvalue weighted by atomic mass is 10.2. The van der Waals surface area contributed by atoms with Crippen molar-refractivity contribution < 1.29 is 17.6 Å². The standard InChI is InChI=1S/C7H2ClF4/c8-4-1-2-6(9)5(3-4)7(10,11)12/h1,3H. The Balaban J connectivity index is 3.23. The summed E-state index contributed by atoms with van der Waals surface area (Å²) < 4.78 is 48.2. The van der Waals surface area contributed by atoms with E-state index in [1.807, 2.05) is 0 Å². The molecule has 1 aromatic carbocycles. The minimum atomic E-state index is -4.72. The molecule has 0 aliphatic carbocycles. The molecule has 0 N–H and O–H groups in total. The molecule has 0 spiro atoms. The van der Waals surface area contributed by atoms with Gasteiger partial charge in [0.25, 0.3) is 0 Å². The number of hydrogen-bond acceptors (Lipinski definition) is 0. The zero-order valence-electron chi connectivity index (χ0n) is 5.54. The molecule has 12 heavy (non-hydrogen) atoms. The van der Waals surface area contributed by atoms with E-state index in [4.69, 9.17) is 11.6 Å². The highest BCUT2D eigenvalue weighted by Crippen LogP contribution is 2.32. The van der Waals surface area contributed by atoms with Gasteiger partial charge in [-0.25, -0.2) is 4.39 Å². The summed E-state index contributed by atoms with van der Waals surface area (Å²) in [6.07, 6.45) is -4.72. The maximum atomic E-state index is 12.4. The lowest BCUT2D eigenvalue weighted by Crippen LogP contribution is -2.07. The fourth-order valence-corrected chi connectivity index (χ4v) is 0.823. The number of alkyl halides is 3. The number of rotatable bonds is 0. The first-order valence-electron chi connectivity index (χ1n) is 2.85. The summed E-state index contributed by atoms with van der Waals surface area (Å²) in [5.74, 6) is -1.44. The lowest BCUT2D eigenvalue weighted by Gasteiger charge is -2.06. The van der Waals surface area contributed by atoms with Gasteiger partial charge >= 0.3 is 6.18 Å². The number of hydrogen-bond donors (Lipinski definition) is 0. The maximum Gasteiger partial charge on any atom is 0.419 e. The van der Waals surface area contributed by atoms with Crippen LogP contribution in [0.4, 0.5) is 17.6 Å². The second-order valence-corrected chi connectivity index (χ2v) is 2.48. The summed E-state index contributed by atoms with van der Waals surface area (Å²) in [5, 5.41) is -0.191. The molecule has 0 bridgehead atoms. The van der Waals surface area contributed by atoms with E-state index in [1.165, 1.54) is 0 Å². The van der Waals surface area contributed by atoms with E-state index in [0.717, 1.165) is 6.07 Å². The van der Waals surface area contributed by atoms with Crippen LogP contribution in [0.2, 0.25) is 5.02 Å². The van der Waals surface area contributed by atoms with Crippen molar-refractivity contribution in [2.75, 3.05) is 0 Å². The first-order chi connectivity index (χ1) is 5.41. The van der Waals surface area contributed by atoms with Crippen LogP contribution in [0.3, 0.4) is 0 Å². The van der Waals surface area contributed by atoms with E-state index in [1.54, 1.807) is 6.07 Å². The predicted octanol–water partition coefficient (Wildman–Crippen LogP) is 3.30. The third-order valence-electron chi connectivity index (χ3n) is 1.16. The topological polar surface area (TPSA) is 0 Å². The second kappa shape index (κ2) is 2.94. The van der Waals surface area contributed by atoms with Crippen molar-refractivity contribution in [2.24, 2.45) is 0 Å². The van der Waals surface area contributed by atoms with Crippen LogP contribution in [0.25, 0.3) is 0 Å². The molecule has 0 atom stereocenters. The van der Waals surface area contributed by atoms with E-state index in [0.29, 0.717) is 6.07 Å². The highest BCUT2D eigenvalue weighted by molar-refractivity contribution is 6.30. The monoisotopic (exact) mass is 197 g/mol. The quantitative estimate of drug-likeness (QED) is 0.560. The summed E-state index contributed by atoms with van der Waals surface area (Å²) >= 11 is 5.22. The number of benzene rings is 1. The molecule has 0 unspecified atom stereocenters. The van der Waals surface area contributed by atoms with Gasteiger partial charge in [-0.15, -0.1) is 0 Å². The van der Waals surface area contributed by atoms with Crippen LogP contribution < -0.4 is 0 Å². The third kappa shape index (κ3) is 1.88. The Labute approximate surface area is 70.8 Å². The molecule has 65 valence electrons. The van der Waals surface area contributed by atoms with Gasteiger partial charge in [0.15, 0.2) is 0 Å². The fraction of sp³-hybridized carbons (Fsp3) is 0.143. The molecule has 1 rings (SSSR count). The van der Waals surface area contributed by atoms with E-state index in [9.17, 15) is 17.6 Å². The van der Waals surface area contributed by atoms with Gasteiger partial charge in [0.2, 0.25) is 0 Å². The molecule has 0 saturated heterocycles. The Morgan fingerprint density at radius 3 is 2.33 bits per heavy atom. The third-order valence-corrected chi connectivity index (χ3v) is 1.38. The Morgan fingerprint density at radius 1 is 1.33 bits per heavy atom. The summed E-state index contributed by atoms with van der Waals surface area (Å²) in [6.45, 7) is 0. The second-order valence-electron chi connectivity index (χ2n) is 2.04. The van der Waals surface area contributed by atoms with Crippen LogP contribution in [0.15, 0.2) is 12.1 Å². The average Bonchev–Trinajstić information content (AvgIpc) is 1.92. The molecule has 0 aliphatic heterocycles. The molecule has 0 nitrogen and oxygen atoms in total. The highest BCUT2D eigenvalue weighted by atomic mass is 35.5. The van der Waals surface area contributed by atoms with E-state index < -0.39 is 17.6 Å². The van der Waals surface area contributed by atoms with Crippen molar-refractivity contribution in [1.82, 2.24) is 0 Å². The van der Waals surface area contributed by atoms with Crippen molar-refractivity contribution >= 4 is 11.6 Å². The number of halogens is 5. The largest absolute Gasteiger partial charge is 0.419 e. The minimum Gasteiger partial charge on any atom is -0.206 e. The molecule has 1 aromatic rings. The molecule has 0 heterocycles. The Hall–Kier alpha value is -0.770. The van der Waals surface area contributed by atoms with Gasteiger partial charge in [0.05, 0.1) is 5.56 Å². The summed E-state index contributed by atoms with van der Waals surface area (Å²) in [5.41, 5.74) is -1.39. The lowest BCUT2D eigenvalue weighted by molar-refractivity contribution is -0.140. The van der Waals surface area contributed by atoms with E-state index >= 15 is 0 Å². The van der Waals surface area contributed by atoms with Crippen LogP contribution in [-0.2, 0) is 6.18 Å². The van der Waals surface area contributed by atoms with Crippen LogP contribution in [-0.4, -0.2) is 0 Å². The van der Waals surface area contributed by atoms with E-state index in [-0.39, 0.29) is 5.02 Å². The van der Waals surface area contributed by atoms with Crippen molar-refractivity contribution in [3.8, 4) is 0 Å². The van der Waals surface area contributed by atoms with Crippen molar-refractivity contribution in [3.63, 3.8) is 0 Å². The smallest absolute Gasteiger partial charge is 0.206 e. The summed E-state index contributed by atoms with van der Waals surface area (Å²) in [4.78, 5) is 0. The van der Waals surface area contributed by atoms with Crippen LogP contribution in [0.5, 0.6) is 0 Å². The molecular formula is C7H2ClF4. The molecule has 0 saturated carbocycles. The highest BCUT2D eigenvalue weighted by Gasteiger charge is 2.34. The molecule has 1 radical (unpaired) electrons. The summed E-state index contributed by atoms with van der Waals surface area (Å²) in [7, 11) is 0. The van der Waals surface area contributed by atoms with Gasteiger partial charge in [-0.3, -0.25) is 0 Å².